The van der Waals surface area contributed by atoms with Crippen LogP contribution in [0.5, 0.6) is 0 Å². The molecule has 0 saturated carbocycles. The number of aromatic nitrogens is 3. The molecule has 0 atom stereocenters. The second kappa shape index (κ2) is 9.96. The highest BCUT2D eigenvalue weighted by Gasteiger charge is 2.12. The van der Waals surface area contributed by atoms with Crippen LogP contribution in [0.1, 0.15) is 16.7 Å². The number of sulfonamides is 1. The average Bonchev–Trinajstić information content (AvgIpc) is 3.24. The molecule has 0 spiro atoms. The molecule has 10 heteroatoms. The summed E-state index contributed by atoms with van der Waals surface area (Å²) in [6.07, 6.45) is 4.05. The van der Waals surface area contributed by atoms with Gasteiger partial charge in [0.15, 0.2) is 0 Å². The van der Waals surface area contributed by atoms with E-state index in [0.717, 1.165) is 27.4 Å². The molecule has 4 rings (SSSR count). The number of carbonyl (C=O) groups excluding carboxylic acids is 1. The molecule has 3 N–H and O–H groups in total. The fourth-order valence-electron chi connectivity index (χ4n) is 3.43. The zero-order valence-electron chi connectivity index (χ0n) is 18.9. The molecular weight excluding hydrogens is 470 g/mol. The van der Waals surface area contributed by atoms with Crippen LogP contribution < -0.4 is 10.5 Å². The van der Waals surface area contributed by atoms with Crippen molar-refractivity contribution in [2.45, 2.75) is 30.2 Å². The summed E-state index contributed by atoms with van der Waals surface area (Å²) in [7, 11) is -3.71. The van der Waals surface area contributed by atoms with Crippen molar-refractivity contribution in [3.8, 4) is 11.3 Å². The minimum atomic E-state index is -3.71. The first-order chi connectivity index (χ1) is 16.2. The Morgan fingerprint density at radius 3 is 2.56 bits per heavy atom. The molecule has 2 aromatic heterocycles. The Hall–Kier alpha value is -3.21. The van der Waals surface area contributed by atoms with Crippen LogP contribution in [0.15, 0.2) is 70.8 Å². The molecule has 34 heavy (non-hydrogen) atoms. The maximum Gasteiger partial charge on any atom is 0.238 e. The van der Waals surface area contributed by atoms with Gasteiger partial charge in [0.1, 0.15) is 5.03 Å². The minimum absolute atomic E-state index is 0.0684. The van der Waals surface area contributed by atoms with Crippen LogP contribution in [0.2, 0.25) is 0 Å². The van der Waals surface area contributed by atoms with Crippen molar-refractivity contribution in [1.82, 2.24) is 19.9 Å². The molecular formula is C24H25N5O3S2. The lowest BCUT2D eigenvalue weighted by molar-refractivity contribution is -0.118. The second-order valence-corrected chi connectivity index (χ2v) is 10.5. The van der Waals surface area contributed by atoms with Gasteiger partial charge in [0.2, 0.25) is 15.9 Å². The standard InChI is InChI=1S/C24H25N5O3S2/c1-16-3-6-19(13-17(16)2)21-14-22-24(27-11-12-29(22)28-21)33-15-23(30)26-10-9-18-4-7-20(8-5-18)34(25,31)32/h3-8,11-14H,9-10,15H2,1-2H3,(H,26,30)(H2,25,31,32). The summed E-state index contributed by atoms with van der Waals surface area (Å²) in [5.74, 6) is 0.116. The van der Waals surface area contributed by atoms with E-state index in [1.165, 1.54) is 35.0 Å². The van der Waals surface area contributed by atoms with Gasteiger partial charge in [0.05, 0.1) is 21.9 Å². The first kappa shape index (κ1) is 23.9. The largest absolute Gasteiger partial charge is 0.355 e. The van der Waals surface area contributed by atoms with E-state index in [-0.39, 0.29) is 16.6 Å². The zero-order valence-corrected chi connectivity index (χ0v) is 20.5. The fourth-order valence-corrected chi connectivity index (χ4v) is 4.75. The van der Waals surface area contributed by atoms with Crippen LogP contribution in [0.3, 0.4) is 0 Å². The maximum atomic E-state index is 12.3. The molecule has 0 unspecified atom stereocenters. The molecule has 0 bridgehead atoms. The second-order valence-electron chi connectivity index (χ2n) is 7.97. The topological polar surface area (TPSA) is 119 Å². The molecule has 0 radical (unpaired) electrons. The van der Waals surface area contributed by atoms with Crippen molar-refractivity contribution < 1.29 is 13.2 Å². The number of nitrogens with one attached hydrogen (secondary N) is 1. The quantitative estimate of drug-likeness (QED) is 0.363. The van der Waals surface area contributed by atoms with Gasteiger partial charge in [-0.1, -0.05) is 36.0 Å². The van der Waals surface area contributed by atoms with E-state index in [0.29, 0.717) is 13.0 Å². The van der Waals surface area contributed by atoms with Gasteiger partial charge < -0.3 is 5.32 Å². The first-order valence-electron chi connectivity index (χ1n) is 10.6. The van der Waals surface area contributed by atoms with E-state index in [2.05, 4.69) is 47.4 Å². The summed E-state index contributed by atoms with van der Waals surface area (Å²) < 4.78 is 24.4. The van der Waals surface area contributed by atoms with Crippen molar-refractivity contribution in [1.29, 1.82) is 0 Å². The van der Waals surface area contributed by atoms with Gasteiger partial charge in [-0.2, -0.15) is 5.10 Å². The molecule has 1 amide bonds. The van der Waals surface area contributed by atoms with Crippen molar-refractivity contribution in [3.63, 3.8) is 0 Å². The summed E-state index contributed by atoms with van der Waals surface area (Å²) >= 11 is 1.36. The molecule has 176 valence electrons. The Morgan fingerprint density at radius 2 is 1.85 bits per heavy atom. The molecule has 0 aliphatic heterocycles. The summed E-state index contributed by atoms with van der Waals surface area (Å²) in [4.78, 5) is 16.9. The van der Waals surface area contributed by atoms with Gasteiger partial charge in [0.25, 0.3) is 0 Å². The van der Waals surface area contributed by atoms with Gasteiger partial charge in [-0.3, -0.25) is 4.79 Å². The van der Waals surface area contributed by atoms with E-state index >= 15 is 0 Å². The molecule has 2 heterocycles. The Morgan fingerprint density at radius 1 is 1.09 bits per heavy atom. The molecule has 0 saturated heterocycles. The smallest absolute Gasteiger partial charge is 0.238 e. The third kappa shape index (κ3) is 5.64. The van der Waals surface area contributed by atoms with Crippen molar-refractivity contribution >= 4 is 33.2 Å². The monoisotopic (exact) mass is 495 g/mol. The Bertz CT molecular complexity index is 1450. The molecule has 8 nitrogen and oxygen atoms in total. The number of benzene rings is 2. The van der Waals surface area contributed by atoms with E-state index in [1.807, 2.05) is 6.07 Å². The number of hydrogen-bond donors (Lipinski definition) is 2. The van der Waals surface area contributed by atoms with Crippen LogP contribution in [0, 0.1) is 13.8 Å². The summed E-state index contributed by atoms with van der Waals surface area (Å²) in [6, 6.07) is 14.6. The van der Waals surface area contributed by atoms with E-state index < -0.39 is 10.0 Å². The maximum absolute atomic E-state index is 12.3. The molecule has 0 aliphatic rings. The third-order valence-electron chi connectivity index (χ3n) is 5.48. The number of nitrogens with two attached hydrogens (primary N) is 1. The van der Waals surface area contributed by atoms with Crippen LogP contribution >= 0.6 is 11.8 Å². The predicted octanol–water partition coefficient (Wildman–Crippen LogP) is 3.11. The fraction of sp³-hybridized carbons (Fsp3) is 0.208. The summed E-state index contributed by atoms with van der Waals surface area (Å²) in [5.41, 5.74) is 6.10. The first-order valence-corrected chi connectivity index (χ1v) is 13.2. The lowest BCUT2D eigenvalue weighted by Gasteiger charge is -2.06. The Kier molecular flexibility index (Phi) is 7.01. The van der Waals surface area contributed by atoms with E-state index in [1.54, 1.807) is 29.0 Å². The number of rotatable bonds is 8. The SMILES string of the molecule is Cc1ccc(-c2cc3c(SCC(=O)NCCc4ccc(S(N)(=O)=O)cc4)nccn3n2)cc1C. The van der Waals surface area contributed by atoms with Gasteiger partial charge in [-0.15, -0.1) is 0 Å². The number of amides is 1. The predicted molar refractivity (Wildman–Crippen MR) is 133 cm³/mol. The highest BCUT2D eigenvalue weighted by atomic mass is 32.2. The highest BCUT2D eigenvalue weighted by molar-refractivity contribution is 8.00. The zero-order chi connectivity index (χ0) is 24.3. The number of thioether (sulfide) groups is 1. The minimum Gasteiger partial charge on any atom is -0.355 e. The summed E-state index contributed by atoms with van der Waals surface area (Å²) in [5, 5.41) is 13.4. The van der Waals surface area contributed by atoms with Crippen molar-refractivity contribution in [2.75, 3.05) is 12.3 Å². The highest BCUT2D eigenvalue weighted by Crippen LogP contribution is 2.27. The number of nitrogens with zero attached hydrogens (tertiary/aromatic N) is 3. The molecule has 2 aromatic carbocycles. The normalized spacial score (nSPS) is 11.6. The Balaban J connectivity index is 1.35. The lowest BCUT2D eigenvalue weighted by Crippen LogP contribution is -2.27. The van der Waals surface area contributed by atoms with Gasteiger partial charge in [-0.05, 0) is 61.2 Å². The van der Waals surface area contributed by atoms with Gasteiger partial charge in [0, 0.05) is 24.5 Å². The lowest BCUT2D eigenvalue weighted by atomic mass is 10.0. The van der Waals surface area contributed by atoms with Crippen LogP contribution in [0.25, 0.3) is 16.8 Å². The van der Waals surface area contributed by atoms with Crippen LogP contribution in [0.4, 0.5) is 0 Å². The van der Waals surface area contributed by atoms with Gasteiger partial charge >= 0.3 is 0 Å². The number of fused-ring (bicyclic) bond motifs is 1. The van der Waals surface area contributed by atoms with E-state index in [4.69, 9.17) is 5.14 Å². The third-order valence-corrected chi connectivity index (χ3v) is 7.41. The number of aryl methyl sites for hydroxylation is 2. The average molecular weight is 496 g/mol. The molecule has 0 fully saturated rings. The Labute approximate surface area is 202 Å². The number of primary sulfonamides is 1. The summed E-state index contributed by atoms with van der Waals surface area (Å²) in [6.45, 7) is 4.60. The van der Waals surface area contributed by atoms with E-state index in [9.17, 15) is 13.2 Å². The van der Waals surface area contributed by atoms with Crippen molar-refractivity contribution in [3.05, 3.63) is 77.6 Å². The molecule has 0 aliphatic carbocycles. The number of carbonyl (C=O) groups is 1. The van der Waals surface area contributed by atoms with Crippen LogP contribution in [-0.4, -0.2) is 41.2 Å². The van der Waals surface area contributed by atoms with Crippen molar-refractivity contribution in [2.24, 2.45) is 5.14 Å². The van der Waals surface area contributed by atoms with Gasteiger partial charge in [-0.25, -0.2) is 23.1 Å². The molecule has 4 aromatic rings. The number of hydrogen-bond acceptors (Lipinski definition) is 6. The van der Waals surface area contributed by atoms with Crippen LogP contribution in [-0.2, 0) is 21.2 Å².